The molecule has 1 saturated carbocycles. The number of benzene rings is 1. The van der Waals surface area contributed by atoms with Gasteiger partial charge in [-0.25, -0.2) is 8.78 Å². The van der Waals surface area contributed by atoms with Gasteiger partial charge in [0, 0.05) is 11.6 Å². The summed E-state index contributed by atoms with van der Waals surface area (Å²) in [5.41, 5.74) is 0.273. The van der Waals surface area contributed by atoms with Gasteiger partial charge < -0.3 is 5.32 Å². The van der Waals surface area contributed by atoms with E-state index in [9.17, 15) is 8.78 Å². The fourth-order valence-electron chi connectivity index (χ4n) is 2.41. The summed E-state index contributed by atoms with van der Waals surface area (Å²) in [5.74, 6) is -0.780. The molecule has 0 bridgehead atoms. The Kier molecular flexibility index (Phi) is 3.00. The van der Waals surface area contributed by atoms with Crippen molar-refractivity contribution in [3.05, 3.63) is 35.4 Å². The predicted octanol–water partition coefficient (Wildman–Crippen LogP) is 2.82. The van der Waals surface area contributed by atoms with Crippen molar-refractivity contribution in [2.75, 3.05) is 7.05 Å². The maximum Gasteiger partial charge on any atom is 0.129 e. The molecule has 82 valence electrons. The molecule has 15 heavy (non-hydrogen) atoms. The van der Waals surface area contributed by atoms with E-state index in [1.807, 2.05) is 7.05 Å². The van der Waals surface area contributed by atoms with Crippen LogP contribution in [0.1, 0.15) is 30.7 Å². The highest BCUT2D eigenvalue weighted by Crippen LogP contribution is 2.36. The van der Waals surface area contributed by atoms with E-state index in [-0.39, 0.29) is 11.5 Å². The van der Waals surface area contributed by atoms with Gasteiger partial charge in [-0.3, -0.25) is 0 Å². The van der Waals surface area contributed by atoms with Crippen LogP contribution >= 0.6 is 0 Å². The molecular weight excluding hydrogens is 196 g/mol. The minimum Gasteiger partial charge on any atom is -0.317 e. The molecule has 1 aliphatic carbocycles. The standard InChI is InChI=1S/C12H15F2N/c1-15-9-6-5-8(7-9)12-10(13)3-2-4-11(12)14/h2-4,8-9,15H,5-7H2,1H3. The van der Waals surface area contributed by atoms with Crippen molar-refractivity contribution < 1.29 is 8.78 Å². The van der Waals surface area contributed by atoms with Gasteiger partial charge in [-0.2, -0.15) is 0 Å². The predicted molar refractivity (Wildman–Crippen MR) is 55.8 cm³/mol. The Bertz CT molecular complexity index is 331. The van der Waals surface area contributed by atoms with Crippen LogP contribution in [0, 0.1) is 11.6 Å². The Morgan fingerprint density at radius 2 is 1.87 bits per heavy atom. The molecule has 0 spiro atoms. The molecule has 1 aliphatic rings. The average Bonchev–Trinajstić information content (AvgIpc) is 2.66. The summed E-state index contributed by atoms with van der Waals surface area (Å²) >= 11 is 0. The lowest BCUT2D eigenvalue weighted by Gasteiger charge is -2.12. The van der Waals surface area contributed by atoms with Crippen molar-refractivity contribution in [1.82, 2.24) is 5.32 Å². The minimum atomic E-state index is -0.406. The van der Waals surface area contributed by atoms with Crippen LogP contribution in [0.25, 0.3) is 0 Å². The van der Waals surface area contributed by atoms with Crippen LogP contribution < -0.4 is 5.32 Å². The quantitative estimate of drug-likeness (QED) is 0.793. The van der Waals surface area contributed by atoms with E-state index in [0.717, 1.165) is 19.3 Å². The van der Waals surface area contributed by atoms with Gasteiger partial charge in [0.15, 0.2) is 0 Å². The molecule has 1 fully saturated rings. The van der Waals surface area contributed by atoms with Crippen LogP contribution in [0.2, 0.25) is 0 Å². The normalized spacial score (nSPS) is 25.8. The highest BCUT2D eigenvalue weighted by molar-refractivity contribution is 5.25. The van der Waals surface area contributed by atoms with Crippen LogP contribution in [0.4, 0.5) is 8.78 Å². The Hall–Kier alpha value is -0.960. The molecule has 1 aromatic carbocycles. The molecule has 0 saturated heterocycles. The zero-order valence-corrected chi connectivity index (χ0v) is 8.76. The maximum absolute atomic E-state index is 13.5. The molecule has 2 unspecified atom stereocenters. The lowest BCUT2D eigenvalue weighted by molar-refractivity contribution is 0.514. The van der Waals surface area contributed by atoms with Crippen molar-refractivity contribution >= 4 is 0 Å². The molecule has 0 heterocycles. The van der Waals surface area contributed by atoms with Crippen LogP contribution in [-0.4, -0.2) is 13.1 Å². The first kappa shape index (κ1) is 10.6. The lowest BCUT2D eigenvalue weighted by atomic mass is 9.96. The zero-order chi connectivity index (χ0) is 10.8. The molecular formula is C12H15F2N. The van der Waals surface area contributed by atoms with E-state index in [4.69, 9.17) is 0 Å². The number of halogens is 2. The third-order valence-electron chi connectivity index (χ3n) is 3.25. The third-order valence-corrected chi connectivity index (χ3v) is 3.25. The zero-order valence-electron chi connectivity index (χ0n) is 8.76. The van der Waals surface area contributed by atoms with Crippen LogP contribution in [0.3, 0.4) is 0 Å². The first-order valence-electron chi connectivity index (χ1n) is 5.33. The van der Waals surface area contributed by atoms with Gasteiger partial charge in [-0.1, -0.05) is 6.07 Å². The fraction of sp³-hybridized carbons (Fsp3) is 0.500. The largest absolute Gasteiger partial charge is 0.317 e. The summed E-state index contributed by atoms with van der Waals surface area (Å²) in [6, 6.07) is 4.49. The van der Waals surface area contributed by atoms with Crippen molar-refractivity contribution in [1.29, 1.82) is 0 Å². The van der Waals surface area contributed by atoms with Crippen LogP contribution in [0.5, 0.6) is 0 Å². The number of hydrogen-bond acceptors (Lipinski definition) is 1. The first-order chi connectivity index (χ1) is 7.22. The van der Waals surface area contributed by atoms with Gasteiger partial charge in [-0.15, -0.1) is 0 Å². The molecule has 3 heteroatoms. The molecule has 1 N–H and O–H groups in total. The fourth-order valence-corrected chi connectivity index (χ4v) is 2.41. The minimum absolute atomic E-state index is 0.0312. The molecule has 1 nitrogen and oxygen atoms in total. The van der Waals surface area contributed by atoms with Crippen molar-refractivity contribution in [2.24, 2.45) is 0 Å². The Labute approximate surface area is 88.5 Å². The summed E-state index contributed by atoms with van der Waals surface area (Å²) in [6.45, 7) is 0. The van der Waals surface area contributed by atoms with Crippen molar-refractivity contribution in [3.8, 4) is 0 Å². The third kappa shape index (κ3) is 2.02. The van der Waals surface area contributed by atoms with Gasteiger partial charge >= 0.3 is 0 Å². The summed E-state index contributed by atoms with van der Waals surface area (Å²) in [4.78, 5) is 0. The molecule has 0 amide bonds. The maximum atomic E-state index is 13.5. The Morgan fingerprint density at radius 1 is 1.20 bits per heavy atom. The number of rotatable bonds is 2. The average molecular weight is 211 g/mol. The van der Waals surface area contributed by atoms with Crippen LogP contribution in [0.15, 0.2) is 18.2 Å². The smallest absolute Gasteiger partial charge is 0.129 e. The monoisotopic (exact) mass is 211 g/mol. The van der Waals surface area contributed by atoms with Crippen LogP contribution in [-0.2, 0) is 0 Å². The van der Waals surface area contributed by atoms with Gasteiger partial charge in [0.2, 0.25) is 0 Å². The summed E-state index contributed by atoms with van der Waals surface area (Å²) in [7, 11) is 1.89. The van der Waals surface area contributed by atoms with Crippen molar-refractivity contribution in [3.63, 3.8) is 0 Å². The highest BCUT2D eigenvalue weighted by atomic mass is 19.1. The van der Waals surface area contributed by atoms with E-state index in [1.54, 1.807) is 0 Å². The highest BCUT2D eigenvalue weighted by Gasteiger charge is 2.28. The molecule has 1 aromatic rings. The summed E-state index contributed by atoms with van der Waals surface area (Å²) in [6.07, 6.45) is 2.69. The summed E-state index contributed by atoms with van der Waals surface area (Å²) < 4.78 is 26.9. The van der Waals surface area contributed by atoms with E-state index < -0.39 is 11.6 Å². The van der Waals surface area contributed by atoms with Gasteiger partial charge in [0.1, 0.15) is 11.6 Å². The summed E-state index contributed by atoms with van der Waals surface area (Å²) in [5, 5.41) is 3.16. The second-order valence-corrected chi connectivity index (χ2v) is 4.13. The molecule has 0 aromatic heterocycles. The second kappa shape index (κ2) is 4.27. The van der Waals surface area contributed by atoms with Gasteiger partial charge in [-0.05, 0) is 44.4 Å². The SMILES string of the molecule is CNC1CCC(c2c(F)cccc2F)C1. The molecule has 2 rings (SSSR count). The molecule has 0 radical (unpaired) electrons. The molecule has 0 aliphatic heterocycles. The van der Waals surface area contributed by atoms with E-state index in [2.05, 4.69) is 5.32 Å². The van der Waals surface area contributed by atoms with E-state index in [1.165, 1.54) is 18.2 Å². The Morgan fingerprint density at radius 3 is 2.40 bits per heavy atom. The Balaban J connectivity index is 2.23. The number of nitrogens with one attached hydrogen (secondary N) is 1. The van der Waals surface area contributed by atoms with Crippen molar-refractivity contribution in [2.45, 2.75) is 31.2 Å². The second-order valence-electron chi connectivity index (χ2n) is 4.13. The first-order valence-corrected chi connectivity index (χ1v) is 5.33. The number of hydrogen-bond donors (Lipinski definition) is 1. The van der Waals surface area contributed by atoms with E-state index in [0.29, 0.717) is 6.04 Å². The van der Waals surface area contributed by atoms with E-state index >= 15 is 0 Å². The topological polar surface area (TPSA) is 12.0 Å². The lowest BCUT2D eigenvalue weighted by Crippen LogP contribution is -2.21. The van der Waals surface area contributed by atoms with Gasteiger partial charge in [0.25, 0.3) is 0 Å². The molecule has 2 atom stereocenters. The van der Waals surface area contributed by atoms with Gasteiger partial charge in [0.05, 0.1) is 0 Å².